The van der Waals surface area contributed by atoms with E-state index in [0.717, 1.165) is 18.6 Å². The summed E-state index contributed by atoms with van der Waals surface area (Å²) in [5.41, 5.74) is 1.07. The molecule has 0 radical (unpaired) electrons. The number of hydrogen-bond donors (Lipinski definition) is 0. The van der Waals surface area contributed by atoms with Gasteiger partial charge in [0, 0.05) is 30.9 Å². The molecule has 0 saturated carbocycles. The Morgan fingerprint density at radius 2 is 2.00 bits per heavy atom. The first-order chi connectivity index (χ1) is 8.96. The molecule has 5 heteroatoms. The predicted molar refractivity (Wildman–Crippen MR) is 72.3 cm³/mol. The Morgan fingerprint density at radius 3 is 2.53 bits per heavy atom. The number of aliphatic imine (C=N–C) groups is 1. The zero-order valence-electron chi connectivity index (χ0n) is 11.9. The smallest absolute Gasteiger partial charge is 0.294 e. The van der Waals surface area contributed by atoms with Crippen LogP contribution in [0.3, 0.4) is 0 Å². The van der Waals surface area contributed by atoms with E-state index in [9.17, 15) is 13.2 Å². The molecule has 2 rings (SSSR count). The zero-order chi connectivity index (χ0) is 14.5. The molecule has 0 bridgehead atoms. The Labute approximate surface area is 113 Å². The van der Waals surface area contributed by atoms with Gasteiger partial charge in [0.1, 0.15) is 0 Å². The van der Waals surface area contributed by atoms with Crippen molar-refractivity contribution < 1.29 is 13.2 Å². The van der Waals surface area contributed by atoms with Crippen LogP contribution in [0.2, 0.25) is 0 Å². The quantitative estimate of drug-likeness (QED) is 0.747. The summed E-state index contributed by atoms with van der Waals surface area (Å²) >= 11 is 0. The molecule has 0 N–H and O–H groups in total. The summed E-state index contributed by atoms with van der Waals surface area (Å²) in [5.74, 6) is 0.463. The summed E-state index contributed by atoms with van der Waals surface area (Å²) in [5, 5.41) is 0. The Bertz CT molecular complexity index is 334. The SMILES string of the molecule is CC.CC1CN(CC(F)(F)F)CC1C1=NC=CCC1. The number of allylic oxidation sites excluding steroid dienone is 1. The standard InChI is InChI=1S/C12H17F3N2.C2H6/c1-9-6-17(8-12(13,14)15)7-10(9)11-4-2-3-5-16-11;1-2/h3,5,9-10H,2,4,6-8H2,1H3;1-2H3. The van der Waals surface area contributed by atoms with E-state index < -0.39 is 12.7 Å². The third-order valence-electron chi connectivity index (χ3n) is 3.43. The molecule has 1 fully saturated rings. The topological polar surface area (TPSA) is 15.6 Å². The summed E-state index contributed by atoms with van der Waals surface area (Å²) in [4.78, 5) is 5.82. The molecule has 0 aromatic rings. The second kappa shape index (κ2) is 7.08. The molecule has 0 aromatic carbocycles. The highest BCUT2D eigenvalue weighted by Crippen LogP contribution is 2.29. The van der Waals surface area contributed by atoms with Gasteiger partial charge in [0.15, 0.2) is 0 Å². The molecular weight excluding hydrogens is 253 g/mol. The van der Waals surface area contributed by atoms with Crippen LogP contribution < -0.4 is 0 Å². The number of hydrogen-bond acceptors (Lipinski definition) is 2. The minimum Gasteiger partial charge on any atom is -0.294 e. The highest BCUT2D eigenvalue weighted by atomic mass is 19.4. The van der Waals surface area contributed by atoms with E-state index in [1.807, 2.05) is 26.8 Å². The van der Waals surface area contributed by atoms with Crippen molar-refractivity contribution in [3.05, 3.63) is 12.3 Å². The lowest BCUT2D eigenvalue weighted by molar-refractivity contribution is -0.143. The van der Waals surface area contributed by atoms with Crippen molar-refractivity contribution in [3.63, 3.8) is 0 Å². The molecule has 2 aliphatic heterocycles. The number of nitrogens with zero attached hydrogens (tertiary/aromatic N) is 2. The molecule has 0 spiro atoms. The van der Waals surface area contributed by atoms with Gasteiger partial charge in [-0.05, 0) is 18.8 Å². The monoisotopic (exact) mass is 276 g/mol. The molecule has 0 amide bonds. The average Bonchev–Trinajstić information content (AvgIpc) is 2.71. The van der Waals surface area contributed by atoms with Crippen LogP contribution in [0.25, 0.3) is 0 Å². The first-order valence-electron chi connectivity index (χ1n) is 6.96. The van der Waals surface area contributed by atoms with Crippen molar-refractivity contribution in [1.29, 1.82) is 0 Å². The lowest BCUT2D eigenvalue weighted by atomic mass is 9.90. The van der Waals surface area contributed by atoms with E-state index >= 15 is 0 Å². The maximum Gasteiger partial charge on any atom is 0.401 e. The van der Waals surface area contributed by atoms with E-state index in [0.29, 0.717) is 13.1 Å². The van der Waals surface area contributed by atoms with Crippen LogP contribution >= 0.6 is 0 Å². The van der Waals surface area contributed by atoms with Crippen LogP contribution in [0.15, 0.2) is 17.3 Å². The van der Waals surface area contributed by atoms with E-state index in [-0.39, 0.29) is 11.8 Å². The molecule has 2 heterocycles. The molecule has 2 atom stereocenters. The van der Waals surface area contributed by atoms with Crippen molar-refractivity contribution in [2.75, 3.05) is 19.6 Å². The van der Waals surface area contributed by atoms with Crippen LogP contribution in [-0.2, 0) is 0 Å². The van der Waals surface area contributed by atoms with Gasteiger partial charge in [0.2, 0.25) is 0 Å². The van der Waals surface area contributed by atoms with Crippen LogP contribution in [0, 0.1) is 11.8 Å². The second-order valence-corrected chi connectivity index (χ2v) is 4.94. The summed E-state index contributed by atoms with van der Waals surface area (Å²) in [6.07, 6.45) is 1.53. The van der Waals surface area contributed by atoms with Gasteiger partial charge in [-0.25, -0.2) is 0 Å². The summed E-state index contributed by atoms with van der Waals surface area (Å²) < 4.78 is 37.0. The van der Waals surface area contributed by atoms with E-state index in [1.165, 1.54) is 4.90 Å². The van der Waals surface area contributed by atoms with Gasteiger partial charge in [-0.2, -0.15) is 13.2 Å². The first-order valence-corrected chi connectivity index (χ1v) is 6.96. The molecule has 2 unspecified atom stereocenters. The number of rotatable bonds is 2. The highest BCUT2D eigenvalue weighted by Gasteiger charge is 2.38. The van der Waals surface area contributed by atoms with Gasteiger partial charge >= 0.3 is 6.18 Å². The number of likely N-dealkylation sites (tertiary alicyclic amines) is 1. The fourth-order valence-corrected chi connectivity index (χ4v) is 2.68. The summed E-state index contributed by atoms with van der Waals surface area (Å²) in [6, 6.07) is 0. The van der Waals surface area contributed by atoms with E-state index in [2.05, 4.69) is 4.99 Å². The van der Waals surface area contributed by atoms with Crippen molar-refractivity contribution in [3.8, 4) is 0 Å². The van der Waals surface area contributed by atoms with Crippen LogP contribution in [0.4, 0.5) is 13.2 Å². The van der Waals surface area contributed by atoms with Crippen molar-refractivity contribution in [2.45, 2.75) is 39.8 Å². The Morgan fingerprint density at radius 1 is 1.32 bits per heavy atom. The van der Waals surface area contributed by atoms with Crippen molar-refractivity contribution in [2.24, 2.45) is 16.8 Å². The van der Waals surface area contributed by atoms with Gasteiger partial charge in [-0.3, -0.25) is 9.89 Å². The normalized spacial score (nSPS) is 27.8. The van der Waals surface area contributed by atoms with Crippen LogP contribution in [-0.4, -0.2) is 36.4 Å². The maximum atomic E-state index is 12.3. The number of alkyl halides is 3. The lowest BCUT2D eigenvalue weighted by Crippen LogP contribution is -2.33. The predicted octanol–water partition coefficient (Wildman–Crippen LogP) is 3.89. The van der Waals surface area contributed by atoms with Crippen molar-refractivity contribution in [1.82, 2.24) is 4.90 Å². The molecule has 0 aliphatic carbocycles. The molecule has 110 valence electrons. The van der Waals surface area contributed by atoms with Crippen molar-refractivity contribution >= 4 is 5.71 Å². The van der Waals surface area contributed by atoms with Gasteiger partial charge < -0.3 is 0 Å². The fourth-order valence-electron chi connectivity index (χ4n) is 2.68. The summed E-state index contributed by atoms with van der Waals surface area (Å²) in [7, 11) is 0. The van der Waals surface area contributed by atoms with Gasteiger partial charge in [-0.1, -0.05) is 26.8 Å². The number of halogens is 3. The van der Waals surface area contributed by atoms with E-state index in [4.69, 9.17) is 0 Å². The van der Waals surface area contributed by atoms with Gasteiger partial charge in [0.05, 0.1) is 6.54 Å². The third-order valence-corrected chi connectivity index (χ3v) is 3.43. The maximum absolute atomic E-state index is 12.3. The lowest BCUT2D eigenvalue weighted by Gasteiger charge is -2.19. The van der Waals surface area contributed by atoms with Crippen LogP contribution in [0.1, 0.15) is 33.6 Å². The fraction of sp³-hybridized carbons (Fsp3) is 0.786. The molecule has 1 saturated heterocycles. The highest BCUT2D eigenvalue weighted by molar-refractivity contribution is 5.88. The van der Waals surface area contributed by atoms with E-state index in [1.54, 1.807) is 6.20 Å². The minimum atomic E-state index is -4.09. The minimum absolute atomic E-state index is 0.197. The largest absolute Gasteiger partial charge is 0.401 e. The Hall–Kier alpha value is -0.840. The Balaban J connectivity index is 0.000000861. The molecular formula is C14H23F3N2. The molecule has 19 heavy (non-hydrogen) atoms. The molecule has 2 aliphatic rings. The zero-order valence-corrected chi connectivity index (χ0v) is 11.9. The summed E-state index contributed by atoms with van der Waals surface area (Å²) in [6.45, 7) is 6.24. The van der Waals surface area contributed by atoms with Crippen LogP contribution in [0.5, 0.6) is 0 Å². The third kappa shape index (κ3) is 4.97. The average molecular weight is 276 g/mol. The first kappa shape index (κ1) is 16.2. The van der Waals surface area contributed by atoms with Gasteiger partial charge in [0.25, 0.3) is 0 Å². The molecule has 2 nitrogen and oxygen atoms in total. The van der Waals surface area contributed by atoms with Gasteiger partial charge in [-0.15, -0.1) is 0 Å². The molecule has 0 aromatic heterocycles. The Kier molecular flexibility index (Phi) is 6.04. The second-order valence-electron chi connectivity index (χ2n) is 4.94.